The van der Waals surface area contributed by atoms with E-state index < -0.39 is 0 Å². The summed E-state index contributed by atoms with van der Waals surface area (Å²) < 4.78 is 0. The van der Waals surface area contributed by atoms with Crippen LogP contribution in [0.1, 0.15) is 23.3 Å². The van der Waals surface area contributed by atoms with Crippen LogP contribution < -0.4 is 10.2 Å². The molecule has 0 aliphatic carbocycles. The minimum atomic E-state index is -0.254. The van der Waals surface area contributed by atoms with Crippen molar-refractivity contribution in [2.45, 2.75) is 12.8 Å². The first kappa shape index (κ1) is 14.6. The third kappa shape index (κ3) is 2.78. The van der Waals surface area contributed by atoms with Gasteiger partial charge in [-0.2, -0.15) is 0 Å². The summed E-state index contributed by atoms with van der Waals surface area (Å²) in [5.41, 5.74) is 1.81. The van der Waals surface area contributed by atoms with Crippen LogP contribution in [0.4, 0.5) is 11.5 Å². The number of carbonyl (C=O) groups is 1. The van der Waals surface area contributed by atoms with Gasteiger partial charge in [-0.05, 0) is 25.0 Å². The molecule has 6 nitrogen and oxygen atoms in total. The molecule has 1 aromatic carbocycles. The summed E-state index contributed by atoms with van der Waals surface area (Å²) in [6.07, 6.45) is 5.48. The predicted molar refractivity (Wildman–Crippen MR) is 93.2 cm³/mol. The molecule has 2 aromatic heterocycles. The number of nitrogens with zero attached hydrogens (tertiary/aromatic N) is 4. The molecule has 3 aromatic rings. The number of aromatic nitrogens is 3. The van der Waals surface area contributed by atoms with Crippen LogP contribution in [0.3, 0.4) is 0 Å². The zero-order valence-electron chi connectivity index (χ0n) is 13.1. The van der Waals surface area contributed by atoms with Gasteiger partial charge >= 0.3 is 0 Å². The number of hydrogen-bond donors (Lipinski definition) is 1. The molecule has 0 saturated carbocycles. The second-order valence-corrected chi connectivity index (χ2v) is 5.79. The van der Waals surface area contributed by atoms with Crippen LogP contribution in [0.15, 0.2) is 48.9 Å². The van der Waals surface area contributed by atoms with Gasteiger partial charge in [0.25, 0.3) is 5.91 Å². The molecule has 1 N–H and O–H groups in total. The first-order valence-corrected chi connectivity index (χ1v) is 8.03. The van der Waals surface area contributed by atoms with E-state index in [0.717, 1.165) is 42.7 Å². The van der Waals surface area contributed by atoms with Crippen molar-refractivity contribution >= 4 is 28.3 Å². The first-order chi connectivity index (χ1) is 11.8. The monoisotopic (exact) mass is 319 g/mol. The number of benzene rings is 1. The Morgan fingerprint density at radius 2 is 1.88 bits per heavy atom. The summed E-state index contributed by atoms with van der Waals surface area (Å²) in [4.78, 5) is 27.5. The number of fused-ring (bicyclic) bond motifs is 1. The highest BCUT2D eigenvalue weighted by Gasteiger charge is 2.16. The Kier molecular flexibility index (Phi) is 3.78. The van der Waals surface area contributed by atoms with Gasteiger partial charge in [-0.25, -0.2) is 9.97 Å². The van der Waals surface area contributed by atoms with Gasteiger partial charge in [0, 0.05) is 30.7 Å². The Morgan fingerprint density at radius 3 is 2.75 bits per heavy atom. The normalized spacial score (nSPS) is 14.1. The molecule has 1 aliphatic rings. The summed E-state index contributed by atoms with van der Waals surface area (Å²) in [5.74, 6) is 0.555. The second-order valence-electron chi connectivity index (χ2n) is 5.79. The summed E-state index contributed by atoms with van der Waals surface area (Å²) in [6, 6.07) is 11.3. The molecule has 0 spiro atoms. The lowest BCUT2D eigenvalue weighted by Gasteiger charge is -2.16. The fourth-order valence-corrected chi connectivity index (χ4v) is 2.98. The Balaban J connectivity index is 1.61. The number of amides is 1. The van der Waals surface area contributed by atoms with Crippen molar-refractivity contribution in [2.24, 2.45) is 0 Å². The van der Waals surface area contributed by atoms with Crippen molar-refractivity contribution in [3.63, 3.8) is 0 Å². The Bertz CT molecular complexity index is 884. The van der Waals surface area contributed by atoms with Crippen LogP contribution in [0, 0.1) is 0 Å². The number of pyridine rings is 1. The molecule has 1 fully saturated rings. The lowest BCUT2D eigenvalue weighted by molar-refractivity contribution is 0.102. The van der Waals surface area contributed by atoms with E-state index in [1.807, 2.05) is 30.3 Å². The van der Waals surface area contributed by atoms with Gasteiger partial charge in [0.1, 0.15) is 17.8 Å². The molecule has 1 saturated heterocycles. The van der Waals surface area contributed by atoms with E-state index in [1.165, 1.54) is 6.33 Å². The van der Waals surface area contributed by atoms with E-state index in [1.54, 1.807) is 12.3 Å². The third-order valence-electron chi connectivity index (χ3n) is 4.20. The van der Waals surface area contributed by atoms with Crippen molar-refractivity contribution in [1.29, 1.82) is 0 Å². The van der Waals surface area contributed by atoms with E-state index in [4.69, 9.17) is 0 Å². The maximum Gasteiger partial charge on any atom is 0.274 e. The van der Waals surface area contributed by atoms with Gasteiger partial charge in [0.2, 0.25) is 0 Å². The van der Waals surface area contributed by atoms with E-state index in [-0.39, 0.29) is 5.91 Å². The van der Waals surface area contributed by atoms with Gasteiger partial charge in [0.15, 0.2) is 0 Å². The molecular weight excluding hydrogens is 302 g/mol. The van der Waals surface area contributed by atoms with Gasteiger partial charge in [0.05, 0.1) is 11.2 Å². The molecule has 0 radical (unpaired) electrons. The first-order valence-electron chi connectivity index (χ1n) is 8.03. The standard InChI is InChI=1S/C18H17N5O/c24-18(15-11-16(21-12-20-15)23-9-1-2-10-23)22-14-7-3-5-13-6-4-8-19-17(13)14/h3-8,11-12H,1-2,9-10H2,(H,22,24). The third-order valence-corrected chi connectivity index (χ3v) is 4.20. The minimum Gasteiger partial charge on any atom is -0.357 e. The smallest absolute Gasteiger partial charge is 0.274 e. The zero-order chi connectivity index (χ0) is 16.4. The maximum absolute atomic E-state index is 12.6. The second kappa shape index (κ2) is 6.23. The van der Waals surface area contributed by atoms with Crippen molar-refractivity contribution in [3.8, 4) is 0 Å². The molecule has 6 heteroatoms. The lowest BCUT2D eigenvalue weighted by atomic mass is 10.2. The Labute approximate surface area is 139 Å². The molecule has 1 amide bonds. The van der Waals surface area contributed by atoms with Crippen LogP contribution in [-0.4, -0.2) is 33.9 Å². The average Bonchev–Trinajstić information content (AvgIpc) is 3.17. The minimum absolute atomic E-state index is 0.254. The quantitative estimate of drug-likeness (QED) is 0.804. The van der Waals surface area contributed by atoms with Crippen molar-refractivity contribution in [2.75, 3.05) is 23.3 Å². The van der Waals surface area contributed by atoms with Crippen LogP contribution in [0.5, 0.6) is 0 Å². The van der Waals surface area contributed by atoms with Crippen molar-refractivity contribution < 1.29 is 4.79 Å². The zero-order valence-corrected chi connectivity index (χ0v) is 13.1. The fourth-order valence-electron chi connectivity index (χ4n) is 2.98. The van der Waals surface area contributed by atoms with Crippen LogP contribution in [0.25, 0.3) is 10.9 Å². The van der Waals surface area contributed by atoms with Gasteiger partial charge in [-0.15, -0.1) is 0 Å². The van der Waals surface area contributed by atoms with Crippen LogP contribution >= 0.6 is 0 Å². The Morgan fingerprint density at radius 1 is 1.04 bits per heavy atom. The SMILES string of the molecule is O=C(Nc1cccc2cccnc12)c1cc(N2CCCC2)ncn1. The number of para-hydroxylation sites is 1. The molecule has 0 unspecified atom stereocenters. The van der Waals surface area contributed by atoms with Gasteiger partial charge in [-0.3, -0.25) is 9.78 Å². The molecule has 120 valence electrons. The largest absolute Gasteiger partial charge is 0.357 e. The predicted octanol–water partition coefficient (Wildman–Crippen LogP) is 2.88. The number of rotatable bonds is 3. The molecule has 0 bridgehead atoms. The Hall–Kier alpha value is -3.02. The summed E-state index contributed by atoms with van der Waals surface area (Å²) in [5, 5.41) is 3.89. The molecule has 1 aliphatic heterocycles. The number of anilines is 2. The highest BCUT2D eigenvalue weighted by Crippen LogP contribution is 2.22. The van der Waals surface area contributed by atoms with Crippen molar-refractivity contribution in [1.82, 2.24) is 15.0 Å². The van der Waals surface area contributed by atoms with E-state index >= 15 is 0 Å². The highest BCUT2D eigenvalue weighted by molar-refractivity contribution is 6.07. The lowest BCUT2D eigenvalue weighted by Crippen LogP contribution is -2.21. The highest BCUT2D eigenvalue weighted by atomic mass is 16.1. The number of carbonyl (C=O) groups excluding carboxylic acids is 1. The topological polar surface area (TPSA) is 71.0 Å². The fraction of sp³-hybridized carbons (Fsp3) is 0.222. The summed E-state index contributed by atoms with van der Waals surface area (Å²) in [7, 11) is 0. The molecule has 3 heterocycles. The van der Waals surface area contributed by atoms with E-state index in [0.29, 0.717) is 11.4 Å². The molecule has 0 atom stereocenters. The molecule has 4 rings (SSSR count). The average molecular weight is 319 g/mol. The van der Waals surface area contributed by atoms with E-state index in [9.17, 15) is 4.79 Å². The van der Waals surface area contributed by atoms with Gasteiger partial charge in [-0.1, -0.05) is 18.2 Å². The maximum atomic E-state index is 12.6. The van der Waals surface area contributed by atoms with Crippen molar-refractivity contribution in [3.05, 3.63) is 54.6 Å². The van der Waals surface area contributed by atoms with Crippen LogP contribution in [0.2, 0.25) is 0 Å². The summed E-state index contributed by atoms with van der Waals surface area (Å²) >= 11 is 0. The molecular formula is C18H17N5O. The summed E-state index contributed by atoms with van der Waals surface area (Å²) in [6.45, 7) is 1.95. The number of nitrogens with one attached hydrogen (secondary N) is 1. The molecule has 24 heavy (non-hydrogen) atoms. The number of hydrogen-bond acceptors (Lipinski definition) is 5. The van der Waals surface area contributed by atoms with E-state index in [2.05, 4.69) is 25.2 Å². The van der Waals surface area contributed by atoms with Crippen LogP contribution in [-0.2, 0) is 0 Å². The van der Waals surface area contributed by atoms with Gasteiger partial charge < -0.3 is 10.2 Å².